The molecule has 0 radical (unpaired) electrons. The molecule has 13 heteroatoms. The van der Waals surface area contributed by atoms with E-state index in [0.717, 1.165) is 51.4 Å². The first-order chi connectivity index (χ1) is 25.0. The van der Waals surface area contributed by atoms with Crippen molar-refractivity contribution in [1.29, 1.82) is 0 Å². The Morgan fingerprint density at radius 1 is 0.673 bits per heavy atom. The van der Waals surface area contributed by atoms with Gasteiger partial charge in [-0.05, 0) is 51.4 Å². The van der Waals surface area contributed by atoms with E-state index in [-0.39, 0.29) is 19.4 Å². The van der Waals surface area contributed by atoms with Crippen LogP contribution in [-0.2, 0) is 38.7 Å². The Bertz CT molecular complexity index is 1250. The number of aliphatic hydroxyl groups is 3. The summed E-state index contributed by atoms with van der Waals surface area (Å²) in [5.74, 6) is -2.09. The van der Waals surface area contributed by atoms with Crippen LogP contribution in [0.1, 0.15) is 104 Å². The van der Waals surface area contributed by atoms with E-state index in [0.29, 0.717) is 12.8 Å². The molecule has 0 bridgehead atoms. The predicted molar refractivity (Wildman–Crippen MR) is 201 cm³/mol. The van der Waals surface area contributed by atoms with Crippen LogP contribution in [0.25, 0.3) is 0 Å². The van der Waals surface area contributed by atoms with Gasteiger partial charge >= 0.3 is 11.9 Å². The number of allylic oxidation sites excluding steroid dienone is 12. The molecule has 12 nitrogen and oxygen atoms in total. The van der Waals surface area contributed by atoms with E-state index in [1.807, 2.05) is 42.5 Å². The van der Waals surface area contributed by atoms with Crippen LogP contribution >= 0.6 is 0 Å². The van der Waals surface area contributed by atoms with Gasteiger partial charge in [0.15, 0.2) is 12.4 Å². The second kappa shape index (κ2) is 29.5. The number of esters is 2. The number of hydrogen-bond acceptors (Lipinski definition) is 11. The van der Waals surface area contributed by atoms with Crippen molar-refractivity contribution >= 4 is 22.1 Å². The van der Waals surface area contributed by atoms with Crippen LogP contribution in [0.4, 0.5) is 0 Å². The summed E-state index contributed by atoms with van der Waals surface area (Å²) in [6.07, 6.45) is 25.5. The monoisotopic (exact) mass is 754 g/mol. The third kappa shape index (κ3) is 24.4. The molecule has 0 amide bonds. The van der Waals surface area contributed by atoms with E-state index in [2.05, 4.69) is 44.2 Å². The van der Waals surface area contributed by atoms with Crippen LogP contribution in [0.2, 0.25) is 0 Å². The second-order valence-corrected chi connectivity index (χ2v) is 14.1. The maximum Gasteiger partial charge on any atom is 0.306 e. The molecule has 1 aliphatic heterocycles. The Morgan fingerprint density at radius 2 is 1.21 bits per heavy atom. The molecule has 1 heterocycles. The highest BCUT2D eigenvalue weighted by Crippen LogP contribution is 2.23. The van der Waals surface area contributed by atoms with Gasteiger partial charge in [-0.2, -0.15) is 8.42 Å². The molecular weight excluding hydrogens is 692 g/mol. The summed E-state index contributed by atoms with van der Waals surface area (Å²) in [7, 11) is -4.61. The van der Waals surface area contributed by atoms with E-state index in [1.54, 1.807) is 0 Å². The molecule has 0 aromatic rings. The molecule has 6 atom stereocenters. The summed E-state index contributed by atoms with van der Waals surface area (Å²) in [5, 5.41) is 30.7. The highest BCUT2D eigenvalue weighted by atomic mass is 32.2. The van der Waals surface area contributed by atoms with E-state index >= 15 is 0 Å². The lowest BCUT2D eigenvalue weighted by Crippen LogP contribution is -2.60. The van der Waals surface area contributed by atoms with Gasteiger partial charge in [-0.25, -0.2) is 0 Å². The Morgan fingerprint density at radius 3 is 1.79 bits per heavy atom. The summed E-state index contributed by atoms with van der Waals surface area (Å²) in [6, 6.07) is 0. The summed E-state index contributed by atoms with van der Waals surface area (Å²) in [4.78, 5) is 25.2. The van der Waals surface area contributed by atoms with E-state index in [4.69, 9.17) is 18.9 Å². The third-order valence-corrected chi connectivity index (χ3v) is 8.64. The van der Waals surface area contributed by atoms with Crippen LogP contribution in [0.5, 0.6) is 0 Å². The van der Waals surface area contributed by atoms with Crippen molar-refractivity contribution in [2.45, 2.75) is 141 Å². The highest BCUT2D eigenvalue weighted by Gasteiger charge is 2.46. The van der Waals surface area contributed by atoms with Crippen molar-refractivity contribution in [2.24, 2.45) is 0 Å². The van der Waals surface area contributed by atoms with Gasteiger partial charge < -0.3 is 34.3 Å². The maximum absolute atomic E-state index is 12.7. The highest BCUT2D eigenvalue weighted by molar-refractivity contribution is 7.85. The Balaban J connectivity index is 2.61. The summed E-state index contributed by atoms with van der Waals surface area (Å²) < 4.78 is 53.7. The van der Waals surface area contributed by atoms with Crippen LogP contribution in [0.15, 0.2) is 72.9 Å². The first kappa shape index (κ1) is 47.1. The molecule has 4 N–H and O–H groups in total. The Hall–Kier alpha value is -2.91. The average Bonchev–Trinajstić information content (AvgIpc) is 3.10. The van der Waals surface area contributed by atoms with Gasteiger partial charge in [-0.15, -0.1) is 0 Å². The van der Waals surface area contributed by atoms with Gasteiger partial charge in [-0.1, -0.05) is 112 Å². The lowest BCUT2D eigenvalue weighted by molar-refractivity contribution is -0.297. The lowest BCUT2D eigenvalue weighted by atomic mass is 10.00. The SMILES string of the molecule is CC/C=C/C=C/C=C/C=C/CCCCCC(=O)OC(COC(=O)CCCCC/C=C/C=C/CCCC)CO[C@H]1O[C@H](CS(=O)(=O)O)[C@@H](O)C(O)C1O. The molecular formula is C39H62O12S. The third-order valence-electron chi connectivity index (χ3n) is 7.89. The minimum atomic E-state index is -4.61. The van der Waals surface area contributed by atoms with Crippen LogP contribution in [0, 0.1) is 0 Å². The molecule has 296 valence electrons. The number of hydrogen-bond donors (Lipinski definition) is 4. The predicted octanol–water partition coefficient (Wildman–Crippen LogP) is 5.99. The minimum Gasteiger partial charge on any atom is -0.462 e. The summed E-state index contributed by atoms with van der Waals surface area (Å²) in [6.45, 7) is 3.45. The number of carbonyl (C=O) groups excluding carboxylic acids is 2. The van der Waals surface area contributed by atoms with Crippen LogP contribution in [-0.4, -0.2) is 96.0 Å². The fraction of sp³-hybridized carbons (Fsp3) is 0.641. The van der Waals surface area contributed by atoms with Crippen molar-refractivity contribution in [2.75, 3.05) is 19.0 Å². The van der Waals surface area contributed by atoms with Gasteiger partial charge in [-0.3, -0.25) is 14.1 Å². The standard InChI is InChI=1S/C39H62O12S/c1-3-5-7-9-11-13-15-16-18-20-22-24-26-28-35(41)50-32(29-48-34(40)27-25-23-21-19-17-14-12-10-8-6-4-2)30-49-39-38(44)37(43)36(42)33(51-39)31-52(45,46)47/h5,7,9-18,32-33,36-39,42-44H,3-4,6,8,19-31H2,1-2H3,(H,45,46,47)/b7-5+,11-9+,12-10+,15-13+,17-14+,18-16+/t32?,33-,36-,37?,38?,39+/m1/s1. The zero-order valence-corrected chi connectivity index (χ0v) is 31.7. The number of rotatable bonds is 28. The van der Waals surface area contributed by atoms with Crippen molar-refractivity contribution in [3.05, 3.63) is 72.9 Å². The zero-order chi connectivity index (χ0) is 38.5. The molecule has 0 spiro atoms. The number of unbranched alkanes of at least 4 members (excludes halogenated alkanes) is 8. The van der Waals surface area contributed by atoms with Crippen molar-refractivity contribution in [3.63, 3.8) is 0 Å². The van der Waals surface area contributed by atoms with E-state index in [9.17, 15) is 37.9 Å². The molecule has 1 aliphatic rings. The van der Waals surface area contributed by atoms with Gasteiger partial charge in [0.1, 0.15) is 36.8 Å². The van der Waals surface area contributed by atoms with E-state index in [1.165, 1.54) is 12.8 Å². The molecule has 1 rings (SSSR count). The molecule has 0 aromatic carbocycles. The summed E-state index contributed by atoms with van der Waals surface area (Å²) >= 11 is 0. The average molecular weight is 755 g/mol. The molecule has 0 saturated carbocycles. The minimum absolute atomic E-state index is 0.108. The quantitative estimate of drug-likeness (QED) is 0.0317. The maximum atomic E-state index is 12.7. The molecule has 1 saturated heterocycles. The fourth-order valence-corrected chi connectivity index (χ4v) is 5.65. The smallest absolute Gasteiger partial charge is 0.306 e. The largest absolute Gasteiger partial charge is 0.462 e. The second-order valence-electron chi connectivity index (χ2n) is 12.6. The van der Waals surface area contributed by atoms with Crippen LogP contribution in [0.3, 0.4) is 0 Å². The van der Waals surface area contributed by atoms with Gasteiger partial charge in [0.2, 0.25) is 0 Å². The number of carbonyl (C=O) groups is 2. The Labute approximate surface area is 310 Å². The van der Waals surface area contributed by atoms with Gasteiger partial charge in [0, 0.05) is 12.8 Å². The first-order valence-corrected chi connectivity index (χ1v) is 20.2. The summed E-state index contributed by atoms with van der Waals surface area (Å²) in [5.41, 5.74) is 0. The van der Waals surface area contributed by atoms with E-state index < -0.39 is 71.2 Å². The first-order valence-electron chi connectivity index (χ1n) is 18.6. The molecule has 0 aliphatic carbocycles. The molecule has 3 unspecified atom stereocenters. The number of aliphatic hydroxyl groups excluding tert-OH is 3. The molecule has 0 aromatic heterocycles. The van der Waals surface area contributed by atoms with Gasteiger partial charge in [0.25, 0.3) is 10.1 Å². The number of ether oxygens (including phenoxy) is 4. The zero-order valence-electron chi connectivity index (χ0n) is 30.9. The molecule has 52 heavy (non-hydrogen) atoms. The van der Waals surface area contributed by atoms with Crippen molar-refractivity contribution < 1.29 is 56.8 Å². The lowest BCUT2D eigenvalue weighted by Gasteiger charge is -2.40. The topological polar surface area (TPSA) is 186 Å². The van der Waals surface area contributed by atoms with Crippen LogP contribution < -0.4 is 0 Å². The van der Waals surface area contributed by atoms with Crippen molar-refractivity contribution in [3.8, 4) is 0 Å². The molecule has 1 fully saturated rings. The van der Waals surface area contributed by atoms with Crippen molar-refractivity contribution in [1.82, 2.24) is 0 Å². The Kier molecular flexibility index (Phi) is 26.8. The normalized spacial score (nSPS) is 22.2. The van der Waals surface area contributed by atoms with Gasteiger partial charge in [0.05, 0.1) is 6.61 Å². The fourth-order valence-electron chi connectivity index (χ4n) is 4.95.